The third kappa shape index (κ3) is 61.4. The van der Waals surface area contributed by atoms with Gasteiger partial charge < -0.3 is 18.9 Å². The number of likely N-dealkylation sites (N-methyl/N-ethyl adjacent to an activating group) is 1. The Morgan fingerprint density at radius 2 is 0.711 bits per heavy atom. The Labute approximate surface area is 471 Å². The first-order chi connectivity index (χ1) is 37.0. The molecule has 448 valence electrons. The van der Waals surface area contributed by atoms with Crippen LogP contribution in [0.3, 0.4) is 0 Å². The van der Waals surface area contributed by atoms with Gasteiger partial charge in [0.15, 0.2) is 6.10 Å². The number of esters is 2. The monoisotopic (exact) mass is 1090 g/mol. The van der Waals surface area contributed by atoms with Crippen molar-refractivity contribution < 1.29 is 42.1 Å². The zero-order chi connectivity index (χ0) is 55.6. The van der Waals surface area contributed by atoms with Gasteiger partial charge in [0.2, 0.25) is 0 Å². The average Bonchev–Trinajstić information content (AvgIpc) is 3.38. The van der Waals surface area contributed by atoms with Gasteiger partial charge in [0.05, 0.1) is 27.7 Å². The molecule has 0 saturated heterocycles. The molecule has 0 aliphatic heterocycles. The van der Waals surface area contributed by atoms with Gasteiger partial charge in [-0.25, -0.2) is 4.57 Å². The summed E-state index contributed by atoms with van der Waals surface area (Å²) in [7, 11) is 1.49. The fourth-order valence-corrected chi connectivity index (χ4v) is 10.4. The summed E-state index contributed by atoms with van der Waals surface area (Å²) >= 11 is 0. The predicted molar refractivity (Wildman–Crippen MR) is 326 cm³/mol. The molecule has 2 unspecified atom stereocenters. The molecule has 0 heterocycles. The van der Waals surface area contributed by atoms with Gasteiger partial charge in [0, 0.05) is 12.8 Å². The van der Waals surface area contributed by atoms with Gasteiger partial charge in [-0.15, -0.1) is 0 Å². The zero-order valence-electron chi connectivity index (χ0n) is 51.0. The molecule has 1 N–H and O–H groups in total. The third-order valence-electron chi connectivity index (χ3n) is 14.7. The second-order valence-electron chi connectivity index (χ2n) is 23.5. The SMILES string of the molecule is CCCCCCC/C=C\C/C=C\C/C=C\CCCCCCCCCCCCCCCCCCCCCCCCCCCCC(=O)OC(COC(=O)CCCCCCCCCCCCC)COP(=O)(O)OCC[N+](C)(C)C. The number of unbranched alkanes of at least 4 members (excludes halogenated alkanes) is 41. The molecular weight excluding hydrogens is 966 g/mol. The van der Waals surface area contributed by atoms with E-state index in [9.17, 15) is 19.0 Å². The van der Waals surface area contributed by atoms with Crippen molar-refractivity contribution in [1.29, 1.82) is 0 Å². The second-order valence-corrected chi connectivity index (χ2v) is 25.0. The molecule has 0 aliphatic carbocycles. The van der Waals surface area contributed by atoms with E-state index in [-0.39, 0.29) is 25.6 Å². The highest BCUT2D eigenvalue weighted by Crippen LogP contribution is 2.43. The molecule has 9 nitrogen and oxygen atoms in total. The van der Waals surface area contributed by atoms with Crippen LogP contribution in [-0.4, -0.2) is 74.9 Å². The third-order valence-corrected chi connectivity index (χ3v) is 15.7. The van der Waals surface area contributed by atoms with Gasteiger partial charge in [-0.3, -0.25) is 18.6 Å². The molecule has 0 bridgehead atoms. The summed E-state index contributed by atoms with van der Waals surface area (Å²) in [6.07, 6.45) is 72.7. The second kappa shape index (κ2) is 57.9. The van der Waals surface area contributed by atoms with E-state index in [1.807, 2.05) is 21.1 Å². The number of phosphoric ester groups is 1. The maximum Gasteiger partial charge on any atom is 0.472 e. The molecule has 0 fully saturated rings. The smallest absolute Gasteiger partial charge is 0.462 e. The van der Waals surface area contributed by atoms with Gasteiger partial charge in [0.25, 0.3) is 0 Å². The number of nitrogens with zero attached hydrogens (tertiary/aromatic N) is 1. The Morgan fingerprint density at radius 3 is 1.05 bits per heavy atom. The number of phosphoric acid groups is 1. The minimum atomic E-state index is -4.38. The summed E-state index contributed by atoms with van der Waals surface area (Å²) in [4.78, 5) is 35.6. The Bertz CT molecular complexity index is 1380. The van der Waals surface area contributed by atoms with E-state index >= 15 is 0 Å². The lowest BCUT2D eigenvalue weighted by atomic mass is 10.0. The van der Waals surface area contributed by atoms with Crippen LogP contribution in [0.4, 0.5) is 0 Å². The van der Waals surface area contributed by atoms with E-state index in [2.05, 4.69) is 50.3 Å². The van der Waals surface area contributed by atoms with E-state index in [0.29, 0.717) is 23.9 Å². The van der Waals surface area contributed by atoms with Crippen LogP contribution in [0.15, 0.2) is 36.5 Å². The number of allylic oxidation sites excluding steroid dienone is 6. The van der Waals surface area contributed by atoms with Crippen molar-refractivity contribution in [2.24, 2.45) is 0 Å². The van der Waals surface area contributed by atoms with E-state index in [1.54, 1.807) is 0 Å². The van der Waals surface area contributed by atoms with Crippen LogP contribution in [-0.2, 0) is 32.7 Å². The van der Waals surface area contributed by atoms with Gasteiger partial charge in [-0.05, 0) is 51.4 Å². The highest BCUT2D eigenvalue weighted by molar-refractivity contribution is 7.47. The predicted octanol–water partition coefficient (Wildman–Crippen LogP) is 20.7. The summed E-state index contributed by atoms with van der Waals surface area (Å²) in [6, 6.07) is 0. The van der Waals surface area contributed by atoms with Crippen molar-refractivity contribution in [3.63, 3.8) is 0 Å². The van der Waals surface area contributed by atoms with Crippen LogP contribution in [0.1, 0.15) is 322 Å². The first-order valence-corrected chi connectivity index (χ1v) is 34.2. The van der Waals surface area contributed by atoms with Crippen LogP contribution in [0.25, 0.3) is 0 Å². The molecule has 0 aromatic heterocycles. The molecule has 0 rings (SSSR count). The van der Waals surface area contributed by atoms with Crippen molar-refractivity contribution in [2.75, 3.05) is 47.5 Å². The maximum absolute atomic E-state index is 12.8. The van der Waals surface area contributed by atoms with E-state index in [1.165, 1.54) is 244 Å². The van der Waals surface area contributed by atoms with Gasteiger partial charge in [-0.2, -0.15) is 0 Å². The van der Waals surface area contributed by atoms with Crippen molar-refractivity contribution in [1.82, 2.24) is 0 Å². The average molecular weight is 1090 g/mol. The van der Waals surface area contributed by atoms with Crippen LogP contribution in [0.2, 0.25) is 0 Å². The number of carbonyl (C=O) groups is 2. The lowest BCUT2D eigenvalue weighted by Crippen LogP contribution is -2.37. The molecule has 2 atom stereocenters. The fraction of sp³-hybridized carbons (Fsp3) is 0.879. The van der Waals surface area contributed by atoms with E-state index in [4.69, 9.17) is 18.5 Å². The minimum absolute atomic E-state index is 0.0353. The largest absolute Gasteiger partial charge is 0.472 e. The highest BCUT2D eigenvalue weighted by Gasteiger charge is 2.27. The van der Waals surface area contributed by atoms with Crippen molar-refractivity contribution >= 4 is 19.8 Å². The number of ether oxygens (including phenoxy) is 2. The minimum Gasteiger partial charge on any atom is -0.462 e. The first kappa shape index (κ1) is 74.2. The Hall–Kier alpha value is -1.77. The fourth-order valence-electron chi connectivity index (χ4n) is 9.61. The topological polar surface area (TPSA) is 108 Å². The molecule has 0 saturated carbocycles. The van der Waals surface area contributed by atoms with E-state index in [0.717, 1.165) is 44.9 Å². The number of hydrogen-bond acceptors (Lipinski definition) is 7. The Morgan fingerprint density at radius 1 is 0.408 bits per heavy atom. The van der Waals surface area contributed by atoms with Crippen LogP contribution < -0.4 is 0 Å². The van der Waals surface area contributed by atoms with Crippen LogP contribution in [0, 0.1) is 0 Å². The molecule has 0 spiro atoms. The Balaban J connectivity index is 3.81. The normalized spacial score (nSPS) is 13.4. The lowest BCUT2D eigenvalue weighted by Gasteiger charge is -2.24. The van der Waals surface area contributed by atoms with E-state index < -0.39 is 26.5 Å². The summed E-state index contributed by atoms with van der Waals surface area (Å²) in [5, 5.41) is 0. The molecule has 10 heteroatoms. The van der Waals surface area contributed by atoms with Crippen molar-refractivity contribution in [3.8, 4) is 0 Å². The highest BCUT2D eigenvalue weighted by atomic mass is 31.2. The van der Waals surface area contributed by atoms with Crippen LogP contribution in [0.5, 0.6) is 0 Å². The standard InChI is InChI=1S/C66H126NO8P/c1-6-8-10-12-14-16-18-19-20-21-22-23-24-25-26-27-28-29-30-31-32-33-34-35-36-37-38-39-40-41-42-43-44-45-46-47-49-51-53-55-57-59-66(69)75-64(63-74-76(70,71)73-61-60-67(3,4)5)62-72-65(68)58-56-54-52-50-48-17-15-13-11-9-7-2/h18-19,21-22,24-25,64H,6-17,20,23,26-63H2,1-5H3/p+1/b19-18-,22-21-,25-24-. The number of rotatable bonds is 61. The summed E-state index contributed by atoms with van der Waals surface area (Å²) in [5.41, 5.74) is 0. The molecule has 0 aliphatic rings. The quantitative estimate of drug-likeness (QED) is 0.0211. The zero-order valence-corrected chi connectivity index (χ0v) is 51.9. The summed E-state index contributed by atoms with van der Waals surface area (Å²) in [6.45, 7) is 4.45. The molecule has 0 radical (unpaired) electrons. The number of carbonyl (C=O) groups excluding carboxylic acids is 2. The molecule has 0 aromatic carbocycles. The molecule has 0 aromatic rings. The molecule has 0 amide bonds. The van der Waals surface area contributed by atoms with Crippen LogP contribution >= 0.6 is 7.82 Å². The lowest BCUT2D eigenvalue weighted by molar-refractivity contribution is -0.870. The summed E-state index contributed by atoms with van der Waals surface area (Å²) in [5.74, 6) is -0.782. The Kier molecular flexibility index (Phi) is 56.6. The van der Waals surface area contributed by atoms with Gasteiger partial charge >= 0.3 is 19.8 Å². The molecular formula is C66H127NO8P+. The number of hydrogen-bond donors (Lipinski definition) is 1. The number of quaternary nitrogens is 1. The maximum atomic E-state index is 12.8. The van der Waals surface area contributed by atoms with Crippen molar-refractivity contribution in [3.05, 3.63) is 36.5 Å². The van der Waals surface area contributed by atoms with Crippen molar-refractivity contribution in [2.45, 2.75) is 328 Å². The van der Waals surface area contributed by atoms with Gasteiger partial charge in [0.1, 0.15) is 19.8 Å². The first-order valence-electron chi connectivity index (χ1n) is 32.7. The van der Waals surface area contributed by atoms with Gasteiger partial charge in [-0.1, -0.05) is 294 Å². The molecule has 76 heavy (non-hydrogen) atoms. The summed E-state index contributed by atoms with van der Waals surface area (Å²) < 4.78 is 34.5.